The van der Waals surface area contributed by atoms with E-state index in [0.717, 1.165) is 25.6 Å². The van der Waals surface area contributed by atoms with Crippen LogP contribution < -0.4 is 5.73 Å². The monoisotopic (exact) mass is 278 g/mol. The van der Waals surface area contributed by atoms with Gasteiger partial charge in [0.2, 0.25) is 0 Å². The van der Waals surface area contributed by atoms with E-state index in [-0.39, 0.29) is 5.54 Å². The minimum atomic E-state index is 0.166. The van der Waals surface area contributed by atoms with Crippen LogP contribution in [-0.4, -0.2) is 48.0 Å². The second-order valence-corrected chi connectivity index (χ2v) is 6.75. The molecule has 0 bridgehead atoms. The van der Waals surface area contributed by atoms with Crippen molar-refractivity contribution in [3.63, 3.8) is 0 Å². The Kier molecular flexibility index (Phi) is 3.50. The van der Waals surface area contributed by atoms with Gasteiger partial charge in [-0.15, -0.1) is 11.3 Å². The SMILES string of the molecule is CN1CCCC2(CC1)CN=C(N)N2Cc1cccs1. The molecule has 2 N–H and O–H groups in total. The van der Waals surface area contributed by atoms with Crippen LogP contribution in [0.5, 0.6) is 0 Å². The topological polar surface area (TPSA) is 44.9 Å². The second kappa shape index (κ2) is 5.13. The van der Waals surface area contributed by atoms with E-state index in [1.54, 1.807) is 11.3 Å². The van der Waals surface area contributed by atoms with Gasteiger partial charge >= 0.3 is 0 Å². The molecule has 2 aliphatic heterocycles. The van der Waals surface area contributed by atoms with E-state index in [2.05, 4.69) is 39.4 Å². The number of likely N-dealkylation sites (tertiary alicyclic amines) is 1. The number of guanidine groups is 1. The zero-order valence-corrected chi connectivity index (χ0v) is 12.3. The minimum Gasteiger partial charge on any atom is -0.370 e. The van der Waals surface area contributed by atoms with E-state index in [1.807, 2.05) is 0 Å². The van der Waals surface area contributed by atoms with Gasteiger partial charge in [-0.3, -0.25) is 4.99 Å². The van der Waals surface area contributed by atoms with E-state index >= 15 is 0 Å². The number of hydrogen-bond donors (Lipinski definition) is 1. The third-order valence-electron chi connectivity index (χ3n) is 4.42. The molecular weight excluding hydrogens is 256 g/mol. The van der Waals surface area contributed by atoms with E-state index in [1.165, 1.54) is 30.7 Å². The summed E-state index contributed by atoms with van der Waals surface area (Å²) in [4.78, 5) is 10.7. The number of nitrogens with two attached hydrogens (primary N) is 1. The minimum absolute atomic E-state index is 0.166. The average Bonchev–Trinajstić information content (AvgIpc) is 2.95. The Morgan fingerprint density at radius 2 is 2.32 bits per heavy atom. The van der Waals surface area contributed by atoms with Crippen LogP contribution in [-0.2, 0) is 6.54 Å². The van der Waals surface area contributed by atoms with Gasteiger partial charge in [0.05, 0.1) is 18.6 Å². The summed E-state index contributed by atoms with van der Waals surface area (Å²) in [5.41, 5.74) is 6.32. The first kappa shape index (κ1) is 12.9. The predicted molar refractivity (Wildman–Crippen MR) is 80.4 cm³/mol. The molecule has 0 amide bonds. The summed E-state index contributed by atoms with van der Waals surface area (Å²) in [6, 6.07) is 4.30. The quantitative estimate of drug-likeness (QED) is 0.896. The fraction of sp³-hybridized carbons (Fsp3) is 0.643. The maximum atomic E-state index is 6.15. The number of rotatable bonds is 2. The summed E-state index contributed by atoms with van der Waals surface area (Å²) in [6.45, 7) is 4.12. The normalized spacial score (nSPS) is 28.7. The van der Waals surface area contributed by atoms with Crippen molar-refractivity contribution in [1.82, 2.24) is 9.80 Å². The van der Waals surface area contributed by atoms with Gasteiger partial charge in [-0.05, 0) is 44.3 Å². The van der Waals surface area contributed by atoms with Crippen LogP contribution in [0.15, 0.2) is 22.5 Å². The Balaban J connectivity index is 1.80. The first-order valence-electron chi connectivity index (χ1n) is 6.98. The number of hydrogen-bond acceptors (Lipinski definition) is 5. The fourth-order valence-corrected chi connectivity index (χ4v) is 3.88. The maximum absolute atomic E-state index is 6.15. The van der Waals surface area contributed by atoms with Gasteiger partial charge in [0.15, 0.2) is 5.96 Å². The smallest absolute Gasteiger partial charge is 0.192 e. The molecule has 0 aromatic carbocycles. The van der Waals surface area contributed by atoms with Crippen molar-refractivity contribution >= 4 is 17.3 Å². The Bertz CT molecular complexity index is 456. The standard InChI is InChI=1S/C14H22N4S/c1-17-7-3-5-14(6-8-17)11-16-13(15)18(14)10-12-4-2-9-19-12/h2,4,9H,3,5-8,10-11H2,1H3,(H2,15,16). The van der Waals surface area contributed by atoms with Crippen LogP contribution >= 0.6 is 11.3 Å². The third-order valence-corrected chi connectivity index (χ3v) is 5.28. The highest BCUT2D eigenvalue weighted by molar-refractivity contribution is 7.09. The van der Waals surface area contributed by atoms with Crippen molar-refractivity contribution in [2.45, 2.75) is 31.3 Å². The molecule has 3 rings (SSSR count). The molecule has 19 heavy (non-hydrogen) atoms. The molecule has 3 heterocycles. The van der Waals surface area contributed by atoms with Crippen molar-refractivity contribution in [2.75, 3.05) is 26.7 Å². The van der Waals surface area contributed by atoms with Crippen LogP contribution in [0, 0.1) is 0 Å². The lowest BCUT2D eigenvalue weighted by Gasteiger charge is -2.38. The van der Waals surface area contributed by atoms with Crippen LogP contribution in [0.3, 0.4) is 0 Å². The summed E-state index contributed by atoms with van der Waals surface area (Å²) in [6.07, 6.45) is 3.60. The highest BCUT2D eigenvalue weighted by atomic mass is 32.1. The molecule has 1 atom stereocenters. The van der Waals surface area contributed by atoms with E-state index in [0.29, 0.717) is 0 Å². The Morgan fingerprint density at radius 3 is 3.11 bits per heavy atom. The van der Waals surface area contributed by atoms with Gasteiger partial charge in [0.25, 0.3) is 0 Å². The van der Waals surface area contributed by atoms with Gasteiger partial charge in [0, 0.05) is 11.4 Å². The summed E-state index contributed by atoms with van der Waals surface area (Å²) in [7, 11) is 2.21. The van der Waals surface area contributed by atoms with Crippen LogP contribution in [0.25, 0.3) is 0 Å². The highest BCUT2D eigenvalue weighted by Gasteiger charge is 2.42. The van der Waals surface area contributed by atoms with Gasteiger partial charge < -0.3 is 15.5 Å². The lowest BCUT2D eigenvalue weighted by atomic mass is 9.89. The maximum Gasteiger partial charge on any atom is 0.192 e. The fourth-order valence-electron chi connectivity index (χ4n) is 3.19. The Morgan fingerprint density at radius 1 is 1.42 bits per heavy atom. The van der Waals surface area contributed by atoms with Crippen molar-refractivity contribution in [3.8, 4) is 0 Å². The summed E-state index contributed by atoms with van der Waals surface area (Å²) in [5, 5.41) is 2.13. The first-order chi connectivity index (χ1) is 9.20. The predicted octanol–water partition coefficient (Wildman–Crippen LogP) is 1.73. The molecule has 1 aromatic heterocycles. The molecule has 2 aliphatic rings. The Labute approximate surface area is 118 Å². The van der Waals surface area contributed by atoms with E-state index in [9.17, 15) is 0 Å². The average molecular weight is 278 g/mol. The van der Waals surface area contributed by atoms with Crippen molar-refractivity contribution in [1.29, 1.82) is 0 Å². The molecule has 5 heteroatoms. The largest absolute Gasteiger partial charge is 0.370 e. The zero-order chi connectivity index (χ0) is 13.3. The molecule has 0 aliphatic carbocycles. The van der Waals surface area contributed by atoms with Crippen LogP contribution in [0.2, 0.25) is 0 Å². The van der Waals surface area contributed by atoms with Gasteiger partial charge in [-0.2, -0.15) is 0 Å². The molecule has 1 saturated heterocycles. The molecule has 4 nitrogen and oxygen atoms in total. The Hall–Kier alpha value is -1.07. The van der Waals surface area contributed by atoms with Gasteiger partial charge in [-0.25, -0.2) is 0 Å². The van der Waals surface area contributed by atoms with Crippen molar-refractivity contribution < 1.29 is 0 Å². The summed E-state index contributed by atoms with van der Waals surface area (Å²) < 4.78 is 0. The third kappa shape index (κ3) is 2.49. The molecule has 1 unspecified atom stereocenters. The number of thiophene rings is 1. The zero-order valence-electron chi connectivity index (χ0n) is 11.5. The molecule has 104 valence electrons. The number of nitrogens with zero attached hydrogens (tertiary/aromatic N) is 3. The molecule has 1 spiro atoms. The lowest BCUT2D eigenvalue weighted by molar-refractivity contribution is 0.169. The molecule has 1 aromatic rings. The molecule has 0 saturated carbocycles. The van der Waals surface area contributed by atoms with Gasteiger partial charge in [0.1, 0.15) is 0 Å². The van der Waals surface area contributed by atoms with Crippen LogP contribution in [0.4, 0.5) is 0 Å². The lowest BCUT2D eigenvalue weighted by Crippen LogP contribution is -2.51. The van der Waals surface area contributed by atoms with Gasteiger partial charge in [-0.1, -0.05) is 6.07 Å². The molecular formula is C14H22N4S. The summed E-state index contributed by atoms with van der Waals surface area (Å²) in [5.74, 6) is 0.734. The second-order valence-electron chi connectivity index (χ2n) is 5.72. The molecule has 1 fully saturated rings. The summed E-state index contributed by atoms with van der Waals surface area (Å²) >= 11 is 1.80. The van der Waals surface area contributed by atoms with E-state index in [4.69, 9.17) is 5.73 Å². The number of aliphatic imine (C=N–C) groups is 1. The highest BCUT2D eigenvalue weighted by Crippen LogP contribution is 2.34. The molecule has 0 radical (unpaired) electrons. The van der Waals surface area contributed by atoms with Crippen molar-refractivity contribution in [3.05, 3.63) is 22.4 Å². The van der Waals surface area contributed by atoms with E-state index < -0.39 is 0 Å². The first-order valence-corrected chi connectivity index (χ1v) is 7.86. The van der Waals surface area contributed by atoms with Crippen molar-refractivity contribution in [2.24, 2.45) is 10.7 Å². The van der Waals surface area contributed by atoms with Crippen LogP contribution in [0.1, 0.15) is 24.1 Å².